The first-order chi connectivity index (χ1) is 5.65. The normalized spacial score (nSPS) is 17.2. The van der Waals surface area contributed by atoms with Gasteiger partial charge in [0.2, 0.25) is 0 Å². The van der Waals surface area contributed by atoms with E-state index < -0.39 is 6.80 Å². The van der Waals surface area contributed by atoms with Crippen molar-refractivity contribution in [3.05, 3.63) is 36.2 Å². The molecule has 0 saturated carbocycles. The smallest absolute Gasteiger partial charge is 0.165 e. The molecule has 1 heterocycles. The molecule has 0 saturated heterocycles. The van der Waals surface area contributed by atoms with Crippen molar-refractivity contribution in [1.29, 1.82) is 0 Å². The van der Waals surface area contributed by atoms with Crippen molar-refractivity contribution in [2.75, 3.05) is 6.80 Å². The van der Waals surface area contributed by atoms with Gasteiger partial charge < -0.3 is 4.90 Å². The van der Waals surface area contributed by atoms with Crippen LogP contribution in [0.3, 0.4) is 0 Å². The minimum Gasteiger partial charge on any atom is -0.321 e. The molecule has 0 aromatic rings. The molecule has 0 unspecified atom stereocenters. The van der Waals surface area contributed by atoms with Gasteiger partial charge in [-0.1, -0.05) is 20.4 Å². The molecule has 1 nitrogen and oxygen atoms in total. The van der Waals surface area contributed by atoms with Gasteiger partial charge in [-0.05, 0) is 23.6 Å². The molecule has 0 aromatic heterocycles. The highest BCUT2D eigenvalue weighted by Crippen LogP contribution is 2.20. The number of alkyl halides is 1. The molecule has 1 aliphatic heterocycles. The highest BCUT2D eigenvalue weighted by molar-refractivity contribution is 5.34. The van der Waals surface area contributed by atoms with Gasteiger partial charge in [0.1, 0.15) is 0 Å². The molecule has 0 amide bonds. The van der Waals surface area contributed by atoms with Gasteiger partial charge in [-0.15, -0.1) is 0 Å². The number of nitrogens with zero attached hydrogens (tertiary/aromatic N) is 1. The van der Waals surface area contributed by atoms with Crippen LogP contribution in [0.15, 0.2) is 36.2 Å². The largest absolute Gasteiger partial charge is 0.321 e. The second kappa shape index (κ2) is 3.57. The van der Waals surface area contributed by atoms with Crippen LogP contribution in [0.4, 0.5) is 4.39 Å². The van der Waals surface area contributed by atoms with Crippen molar-refractivity contribution < 1.29 is 4.39 Å². The molecule has 66 valence electrons. The highest BCUT2D eigenvalue weighted by Gasteiger charge is 2.09. The van der Waals surface area contributed by atoms with E-state index in [4.69, 9.17) is 0 Å². The van der Waals surface area contributed by atoms with Crippen LogP contribution in [0.1, 0.15) is 13.8 Å². The minimum absolute atomic E-state index is 0.472. The van der Waals surface area contributed by atoms with Crippen molar-refractivity contribution in [3.8, 4) is 0 Å². The van der Waals surface area contributed by atoms with Crippen molar-refractivity contribution in [2.45, 2.75) is 13.8 Å². The van der Waals surface area contributed by atoms with Crippen LogP contribution in [0, 0.1) is 5.92 Å². The second-order valence-electron chi connectivity index (χ2n) is 3.20. The van der Waals surface area contributed by atoms with E-state index in [9.17, 15) is 4.39 Å². The Morgan fingerprint density at radius 1 is 1.58 bits per heavy atom. The maximum absolute atomic E-state index is 12.2. The van der Waals surface area contributed by atoms with Crippen LogP contribution in [0.25, 0.3) is 0 Å². The van der Waals surface area contributed by atoms with E-state index >= 15 is 0 Å². The standard InChI is InChI=1S/C10H14FN/c1-8(2)10-4-5-12(7-11)9(3)6-10/h4-6,8H,3,7H2,1-2H3. The Bertz CT molecular complexity index is 238. The van der Waals surface area contributed by atoms with Gasteiger partial charge in [0.25, 0.3) is 0 Å². The molecular weight excluding hydrogens is 153 g/mol. The molecule has 1 rings (SSSR count). The highest BCUT2D eigenvalue weighted by atomic mass is 19.1. The van der Waals surface area contributed by atoms with Crippen molar-refractivity contribution in [1.82, 2.24) is 4.90 Å². The molecule has 0 N–H and O–H groups in total. The second-order valence-corrected chi connectivity index (χ2v) is 3.20. The summed E-state index contributed by atoms with van der Waals surface area (Å²) >= 11 is 0. The Balaban J connectivity index is 2.76. The zero-order valence-electron chi connectivity index (χ0n) is 7.55. The summed E-state index contributed by atoms with van der Waals surface area (Å²) in [4.78, 5) is 1.48. The summed E-state index contributed by atoms with van der Waals surface area (Å²) in [5.41, 5.74) is 1.92. The molecule has 0 fully saturated rings. The van der Waals surface area contributed by atoms with E-state index in [0.29, 0.717) is 5.92 Å². The molecule has 12 heavy (non-hydrogen) atoms. The monoisotopic (exact) mass is 167 g/mol. The summed E-state index contributed by atoms with van der Waals surface area (Å²) in [6, 6.07) is 0. The van der Waals surface area contributed by atoms with Gasteiger partial charge in [-0.3, -0.25) is 0 Å². The molecule has 0 aromatic carbocycles. The fourth-order valence-corrected chi connectivity index (χ4v) is 1.07. The zero-order chi connectivity index (χ0) is 9.14. The Kier molecular flexibility index (Phi) is 2.69. The van der Waals surface area contributed by atoms with Gasteiger partial charge in [-0.2, -0.15) is 0 Å². The minimum atomic E-state index is -0.503. The first-order valence-corrected chi connectivity index (χ1v) is 4.06. The Hall–Kier alpha value is -1.05. The Morgan fingerprint density at radius 2 is 2.25 bits per heavy atom. The number of halogens is 1. The first-order valence-electron chi connectivity index (χ1n) is 4.06. The van der Waals surface area contributed by atoms with Crippen LogP contribution in [-0.4, -0.2) is 11.7 Å². The van der Waals surface area contributed by atoms with Crippen LogP contribution in [0.5, 0.6) is 0 Å². The molecular formula is C10H14FN. The molecule has 0 atom stereocenters. The Morgan fingerprint density at radius 3 is 2.67 bits per heavy atom. The van der Waals surface area contributed by atoms with Crippen LogP contribution < -0.4 is 0 Å². The number of allylic oxidation sites excluding steroid dienone is 3. The van der Waals surface area contributed by atoms with Gasteiger partial charge in [0, 0.05) is 11.9 Å². The van der Waals surface area contributed by atoms with E-state index in [1.165, 1.54) is 10.5 Å². The molecule has 2 heteroatoms. The SMILES string of the molecule is C=C1C=C(C(C)C)C=CN1CF. The topological polar surface area (TPSA) is 3.24 Å². The third-order valence-electron chi connectivity index (χ3n) is 1.94. The number of hydrogen-bond acceptors (Lipinski definition) is 1. The van der Waals surface area contributed by atoms with E-state index in [-0.39, 0.29) is 0 Å². The first kappa shape index (κ1) is 9.04. The van der Waals surface area contributed by atoms with Gasteiger partial charge in [0.05, 0.1) is 0 Å². The van der Waals surface area contributed by atoms with Gasteiger partial charge in [0.15, 0.2) is 6.80 Å². The van der Waals surface area contributed by atoms with E-state index in [0.717, 1.165) is 5.70 Å². The molecule has 0 bridgehead atoms. The fraction of sp³-hybridized carbons (Fsp3) is 0.400. The molecule has 1 aliphatic rings. The third-order valence-corrected chi connectivity index (χ3v) is 1.94. The van der Waals surface area contributed by atoms with Crippen LogP contribution in [-0.2, 0) is 0 Å². The van der Waals surface area contributed by atoms with Crippen molar-refractivity contribution in [2.24, 2.45) is 5.92 Å². The lowest BCUT2D eigenvalue weighted by Crippen LogP contribution is -2.16. The zero-order valence-corrected chi connectivity index (χ0v) is 7.55. The molecule has 0 radical (unpaired) electrons. The lowest BCUT2D eigenvalue weighted by molar-refractivity contribution is 0.305. The van der Waals surface area contributed by atoms with Gasteiger partial charge in [-0.25, -0.2) is 4.39 Å². The summed E-state index contributed by atoms with van der Waals surface area (Å²) in [6.07, 6.45) is 5.58. The van der Waals surface area contributed by atoms with E-state index in [1.807, 2.05) is 12.2 Å². The lowest BCUT2D eigenvalue weighted by Gasteiger charge is -2.22. The summed E-state index contributed by atoms with van der Waals surface area (Å²) in [7, 11) is 0. The maximum atomic E-state index is 12.2. The van der Waals surface area contributed by atoms with Gasteiger partial charge >= 0.3 is 0 Å². The third kappa shape index (κ3) is 1.76. The van der Waals surface area contributed by atoms with E-state index in [2.05, 4.69) is 20.4 Å². The fourth-order valence-electron chi connectivity index (χ4n) is 1.07. The number of rotatable bonds is 2. The summed E-state index contributed by atoms with van der Waals surface area (Å²) in [6.45, 7) is 7.47. The predicted octanol–water partition coefficient (Wildman–Crippen LogP) is 2.84. The summed E-state index contributed by atoms with van der Waals surface area (Å²) in [5.74, 6) is 0.472. The molecule has 0 spiro atoms. The average Bonchev–Trinajstić information content (AvgIpc) is 2.04. The quantitative estimate of drug-likeness (QED) is 0.571. The van der Waals surface area contributed by atoms with Crippen molar-refractivity contribution >= 4 is 0 Å². The summed E-state index contributed by atoms with van der Waals surface area (Å²) < 4.78 is 12.2. The maximum Gasteiger partial charge on any atom is 0.165 e. The predicted molar refractivity (Wildman–Crippen MR) is 49.0 cm³/mol. The lowest BCUT2D eigenvalue weighted by atomic mass is 10.0. The van der Waals surface area contributed by atoms with Crippen LogP contribution in [0.2, 0.25) is 0 Å². The van der Waals surface area contributed by atoms with E-state index in [1.54, 1.807) is 6.20 Å². The molecule has 0 aliphatic carbocycles. The average molecular weight is 167 g/mol. The van der Waals surface area contributed by atoms with Crippen LogP contribution >= 0.6 is 0 Å². The Labute approximate surface area is 72.9 Å². The summed E-state index contributed by atoms with van der Waals surface area (Å²) in [5, 5.41) is 0. The number of hydrogen-bond donors (Lipinski definition) is 0. The van der Waals surface area contributed by atoms with Crippen molar-refractivity contribution in [3.63, 3.8) is 0 Å².